The average molecular weight is 488 g/mol. The number of nitrogens with one attached hydrogen (secondary N) is 4. The lowest BCUT2D eigenvalue weighted by Gasteiger charge is -2.18. The molecule has 4 rings (SSSR count). The van der Waals surface area contributed by atoms with Crippen LogP contribution in [0.25, 0.3) is 0 Å². The fourth-order valence-corrected chi connectivity index (χ4v) is 6.72. The highest BCUT2D eigenvalue weighted by Crippen LogP contribution is 2.36. The molecule has 2 heterocycles. The third kappa shape index (κ3) is 5.14. The number of anilines is 2. The van der Waals surface area contributed by atoms with Gasteiger partial charge < -0.3 is 16.0 Å². The molecule has 2 fully saturated rings. The number of piperidine rings is 1. The van der Waals surface area contributed by atoms with E-state index in [4.69, 9.17) is 11.6 Å². The van der Waals surface area contributed by atoms with Crippen LogP contribution >= 0.6 is 22.9 Å². The molecule has 1 aromatic carbocycles. The molecule has 0 unspecified atom stereocenters. The van der Waals surface area contributed by atoms with Crippen LogP contribution in [0, 0.1) is 17.7 Å². The minimum absolute atomic E-state index is 0.154. The number of halogens is 2. The molecular formula is C20H27ClFN5O2S2. The SMILES string of the molecule is C[C@@H]1C[C@H]2NC[C@@H]1[C@@H]2NCCCCNc1cc(F)c(S(=O)(=O)Nc2nccs2)cc1Cl. The molecule has 0 radical (unpaired) electrons. The molecule has 0 amide bonds. The number of benzene rings is 1. The number of hydrogen-bond acceptors (Lipinski definition) is 7. The summed E-state index contributed by atoms with van der Waals surface area (Å²) in [4.78, 5) is 3.35. The molecule has 1 aliphatic heterocycles. The first-order chi connectivity index (χ1) is 14.8. The van der Waals surface area contributed by atoms with Crippen molar-refractivity contribution < 1.29 is 12.8 Å². The van der Waals surface area contributed by atoms with E-state index in [1.54, 1.807) is 5.38 Å². The Morgan fingerprint density at radius 2 is 2.13 bits per heavy atom. The Morgan fingerprint density at radius 3 is 2.81 bits per heavy atom. The van der Waals surface area contributed by atoms with Crippen molar-refractivity contribution in [2.24, 2.45) is 11.8 Å². The van der Waals surface area contributed by atoms with E-state index in [1.165, 1.54) is 12.6 Å². The molecule has 2 aliphatic rings. The van der Waals surface area contributed by atoms with Crippen LogP contribution in [-0.2, 0) is 10.0 Å². The number of nitrogens with zero attached hydrogens (tertiary/aromatic N) is 1. The predicted octanol–water partition coefficient (Wildman–Crippen LogP) is 3.51. The van der Waals surface area contributed by atoms with Gasteiger partial charge in [0.15, 0.2) is 5.13 Å². The Morgan fingerprint density at radius 1 is 1.32 bits per heavy atom. The Bertz CT molecular complexity index is 1010. The first kappa shape index (κ1) is 22.7. The summed E-state index contributed by atoms with van der Waals surface area (Å²) in [6, 6.07) is 3.42. The summed E-state index contributed by atoms with van der Waals surface area (Å²) < 4.78 is 41.6. The minimum Gasteiger partial charge on any atom is -0.384 e. The molecule has 4 N–H and O–H groups in total. The highest BCUT2D eigenvalue weighted by Gasteiger charge is 2.45. The van der Waals surface area contributed by atoms with E-state index in [0.717, 1.165) is 61.2 Å². The van der Waals surface area contributed by atoms with Gasteiger partial charge in [-0.15, -0.1) is 11.3 Å². The van der Waals surface area contributed by atoms with Gasteiger partial charge in [-0.25, -0.2) is 17.8 Å². The Balaban J connectivity index is 1.25. The first-order valence-corrected chi connectivity index (χ1v) is 13.2. The predicted molar refractivity (Wildman–Crippen MR) is 123 cm³/mol. The van der Waals surface area contributed by atoms with Crippen molar-refractivity contribution in [3.8, 4) is 0 Å². The highest BCUT2D eigenvalue weighted by molar-refractivity contribution is 7.93. The second kappa shape index (κ2) is 9.58. The molecule has 7 nitrogen and oxygen atoms in total. The van der Waals surface area contributed by atoms with Crippen LogP contribution in [0.4, 0.5) is 15.2 Å². The molecule has 11 heteroatoms. The first-order valence-electron chi connectivity index (χ1n) is 10.5. The van der Waals surface area contributed by atoms with Crippen LogP contribution in [0.5, 0.6) is 0 Å². The number of rotatable bonds is 10. The largest absolute Gasteiger partial charge is 0.384 e. The van der Waals surface area contributed by atoms with Gasteiger partial charge in [0.2, 0.25) is 0 Å². The molecule has 1 saturated carbocycles. The second-order valence-electron chi connectivity index (χ2n) is 8.21. The van der Waals surface area contributed by atoms with Gasteiger partial charge in [0.1, 0.15) is 10.7 Å². The molecule has 2 aromatic rings. The summed E-state index contributed by atoms with van der Waals surface area (Å²) in [6.07, 6.45) is 4.59. The summed E-state index contributed by atoms with van der Waals surface area (Å²) in [7, 11) is -4.10. The topological polar surface area (TPSA) is 95.1 Å². The monoisotopic (exact) mass is 487 g/mol. The van der Waals surface area contributed by atoms with Crippen molar-refractivity contribution in [1.82, 2.24) is 15.6 Å². The van der Waals surface area contributed by atoms with Crippen molar-refractivity contribution in [2.45, 2.75) is 43.2 Å². The molecule has 1 aliphatic carbocycles. The number of aromatic nitrogens is 1. The zero-order valence-corrected chi connectivity index (χ0v) is 19.6. The summed E-state index contributed by atoms with van der Waals surface area (Å²) in [5.41, 5.74) is 0.382. The zero-order valence-electron chi connectivity index (χ0n) is 17.2. The maximum Gasteiger partial charge on any atom is 0.266 e. The number of hydrogen-bond donors (Lipinski definition) is 4. The van der Waals surface area contributed by atoms with E-state index in [1.807, 2.05) is 0 Å². The number of fused-ring (bicyclic) bond motifs is 2. The van der Waals surface area contributed by atoms with Gasteiger partial charge in [-0.2, -0.15) is 0 Å². The van der Waals surface area contributed by atoms with Gasteiger partial charge in [-0.3, -0.25) is 4.72 Å². The number of sulfonamides is 1. The maximum atomic E-state index is 14.5. The summed E-state index contributed by atoms with van der Waals surface area (Å²) in [5.74, 6) is 0.645. The van der Waals surface area contributed by atoms with Crippen LogP contribution in [0.15, 0.2) is 28.6 Å². The van der Waals surface area contributed by atoms with Crippen LogP contribution < -0.4 is 20.7 Å². The standard InChI is InChI=1S/C20H27ClFN5O2S2/c1-12-8-17-19(13(12)11-26-17)24-5-3-2-4-23-16-10-15(22)18(9-14(16)21)31(28,29)27-20-25-6-7-30-20/h6-7,9-10,12-13,17,19,23-24,26H,2-5,8,11H2,1H3,(H,25,27)/t12-,13+,17-,19+/m1/s1. The van der Waals surface area contributed by atoms with E-state index in [9.17, 15) is 12.8 Å². The van der Waals surface area contributed by atoms with Gasteiger partial charge in [0, 0.05) is 36.8 Å². The van der Waals surface area contributed by atoms with Gasteiger partial charge in [0.25, 0.3) is 10.0 Å². The van der Waals surface area contributed by atoms with Crippen molar-refractivity contribution >= 4 is 43.8 Å². The molecule has 170 valence electrons. The fourth-order valence-electron chi connectivity index (χ4n) is 4.55. The molecule has 31 heavy (non-hydrogen) atoms. The number of unbranched alkanes of at least 4 members (excludes halogenated alkanes) is 1. The van der Waals surface area contributed by atoms with Crippen molar-refractivity contribution in [3.63, 3.8) is 0 Å². The van der Waals surface area contributed by atoms with Crippen LogP contribution in [0.3, 0.4) is 0 Å². The lowest BCUT2D eigenvalue weighted by atomic mass is 9.96. The Hall–Kier alpha value is -1.46. The third-order valence-corrected chi connectivity index (χ3v) is 8.62. The summed E-state index contributed by atoms with van der Waals surface area (Å²) in [6.45, 7) is 5.00. The molecule has 2 bridgehead atoms. The van der Waals surface area contributed by atoms with Gasteiger partial charge >= 0.3 is 0 Å². The maximum absolute atomic E-state index is 14.5. The lowest BCUT2D eigenvalue weighted by Crippen LogP contribution is -2.39. The van der Waals surface area contributed by atoms with Crippen molar-refractivity contribution in [3.05, 3.63) is 34.5 Å². The van der Waals surface area contributed by atoms with Gasteiger partial charge in [-0.1, -0.05) is 18.5 Å². The normalized spacial score (nSPS) is 25.1. The lowest BCUT2D eigenvalue weighted by molar-refractivity contribution is 0.361. The van der Waals surface area contributed by atoms with Gasteiger partial charge in [-0.05, 0) is 49.8 Å². The fraction of sp³-hybridized carbons (Fsp3) is 0.550. The number of thiazole rings is 1. The molecule has 0 spiro atoms. The van der Waals surface area contributed by atoms with Gasteiger partial charge in [0.05, 0.1) is 10.7 Å². The molecule has 4 atom stereocenters. The summed E-state index contributed by atoms with van der Waals surface area (Å²) in [5, 5.41) is 12.3. The average Bonchev–Trinajstić information content (AvgIpc) is 3.43. The smallest absolute Gasteiger partial charge is 0.266 e. The van der Waals surface area contributed by atoms with E-state index in [0.29, 0.717) is 24.3 Å². The molecule has 1 aromatic heterocycles. The third-order valence-electron chi connectivity index (χ3n) is 6.13. The van der Waals surface area contributed by atoms with Crippen molar-refractivity contribution in [1.29, 1.82) is 0 Å². The van der Waals surface area contributed by atoms with Crippen molar-refractivity contribution in [2.75, 3.05) is 29.7 Å². The Labute approximate surface area is 191 Å². The van der Waals surface area contributed by atoms with E-state index in [-0.39, 0.29) is 10.2 Å². The van der Waals surface area contributed by atoms with E-state index < -0.39 is 20.7 Å². The van der Waals surface area contributed by atoms with Crippen LogP contribution in [0.2, 0.25) is 5.02 Å². The minimum atomic E-state index is -4.10. The Kier molecular flexibility index (Phi) is 7.02. The quantitative estimate of drug-likeness (QED) is 0.383. The highest BCUT2D eigenvalue weighted by atomic mass is 35.5. The van der Waals surface area contributed by atoms with Crippen LogP contribution in [0.1, 0.15) is 26.2 Å². The summed E-state index contributed by atoms with van der Waals surface area (Å²) >= 11 is 7.32. The second-order valence-corrected chi connectivity index (χ2v) is 11.2. The molecule has 1 saturated heterocycles. The zero-order chi connectivity index (χ0) is 22.0. The van der Waals surface area contributed by atoms with Crippen LogP contribution in [-0.4, -0.2) is 45.1 Å². The molecular weight excluding hydrogens is 461 g/mol. The van der Waals surface area contributed by atoms with E-state index >= 15 is 0 Å². The van der Waals surface area contributed by atoms with E-state index in [2.05, 4.69) is 32.6 Å².